The van der Waals surface area contributed by atoms with Crippen LogP contribution in [0.25, 0.3) is 17.0 Å². The zero-order chi connectivity index (χ0) is 25.1. The molecule has 5 rings (SSSR count). The van der Waals surface area contributed by atoms with Gasteiger partial charge in [-0.15, -0.1) is 0 Å². The van der Waals surface area contributed by atoms with E-state index < -0.39 is 24.3 Å². The van der Waals surface area contributed by atoms with Gasteiger partial charge in [0.25, 0.3) is 6.43 Å². The van der Waals surface area contributed by atoms with E-state index in [1.165, 1.54) is 11.7 Å². The Morgan fingerprint density at radius 1 is 0.972 bits per heavy atom. The number of hydrogen-bond donors (Lipinski definition) is 1. The second kappa shape index (κ2) is 10.2. The van der Waals surface area contributed by atoms with E-state index in [0.717, 1.165) is 0 Å². The highest BCUT2D eigenvalue weighted by Gasteiger charge is 2.27. The van der Waals surface area contributed by atoms with E-state index in [2.05, 4.69) is 25.3 Å². The molecule has 1 saturated heterocycles. The van der Waals surface area contributed by atoms with Gasteiger partial charge in [-0.05, 0) is 17.7 Å². The van der Waals surface area contributed by atoms with Gasteiger partial charge >= 0.3 is 5.97 Å². The maximum absolute atomic E-state index is 14.0. The lowest BCUT2D eigenvalue weighted by atomic mass is 10.1. The third kappa shape index (κ3) is 4.67. The molecule has 0 bridgehead atoms. The normalized spacial score (nSPS) is 14.7. The van der Waals surface area contributed by atoms with Gasteiger partial charge in [0.15, 0.2) is 11.9 Å². The SMILES string of the molecule is COC(=O)[C@H](Nc1nc(N2CCOCC2)nc(-n2c(C(F)F)nc3ccccc32)n1)c1ccccc1. The predicted octanol–water partition coefficient (Wildman–Crippen LogP) is 3.31. The van der Waals surface area contributed by atoms with Crippen molar-refractivity contribution in [2.45, 2.75) is 12.5 Å². The van der Waals surface area contributed by atoms with Crippen LogP contribution in [0.5, 0.6) is 0 Å². The topological polar surface area (TPSA) is 107 Å². The van der Waals surface area contributed by atoms with E-state index in [1.807, 2.05) is 11.0 Å². The van der Waals surface area contributed by atoms with Crippen LogP contribution in [0.1, 0.15) is 23.9 Å². The van der Waals surface area contributed by atoms with Gasteiger partial charge in [-0.3, -0.25) is 4.57 Å². The third-order valence-electron chi connectivity index (χ3n) is 5.73. The van der Waals surface area contributed by atoms with Gasteiger partial charge in [-0.1, -0.05) is 42.5 Å². The van der Waals surface area contributed by atoms with Crippen molar-refractivity contribution >= 4 is 28.9 Å². The number of anilines is 2. The summed E-state index contributed by atoms with van der Waals surface area (Å²) in [5.41, 5.74) is 1.43. The van der Waals surface area contributed by atoms with E-state index in [1.54, 1.807) is 48.5 Å². The van der Waals surface area contributed by atoms with Crippen LogP contribution >= 0.6 is 0 Å². The second-order valence-corrected chi connectivity index (χ2v) is 7.96. The number of halogens is 2. The number of methoxy groups -OCH3 is 1. The molecule has 0 unspecified atom stereocenters. The molecule has 4 aromatic rings. The monoisotopic (exact) mass is 495 g/mol. The Morgan fingerprint density at radius 3 is 2.39 bits per heavy atom. The smallest absolute Gasteiger partial charge is 0.333 e. The number of hydrogen-bond acceptors (Lipinski definition) is 9. The van der Waals surface area contributed by atoms with Crippen molar-refractivity contribution in [2.75, 3.05) is 43.6 Å². The number of para-hydroxylation sites is 2. The number of fused-ring (bicyclic) bond motifs is 1. The van der Waals surface area contributed by atoms with E-state index in [9.17, 15) is 13.6 Å². The average Bonchev–Trinajstić information content (AvgIpc) is 3.32. The van der Waals surface area contributed by atoms with Crippen LogP contribution in [0, 0.1) is 0 Å². The van der Waals surface area contributed by atoms with Crippen molar-refractivity contribution in [2.24, 2.45) is 0 Å². The molecule has 1 atom stereocenters. The quantitative estimate of drug-likeness (QED) is 0.387. The van der Waals surface area contributed by atoms with E-state index in [0.29, 0.717) is 42.9 Å². The fourth-order valence-electron chi connectivity index (χ4n) is 4.00. The highest BCUT2D eigenvalue weighted by atomic mass is 19.3. The van der Waals surface area contributed by atoms with Crippen molar-refractivity contribution in [3.8, 4) is 5.95 Å². The molecule has 0 amide bonds. The molecule has 3 heterocycles. The molecule has 1 aliphatic heterocycles. The molecule has 1 aliphatic rings. The lowest BCUT2D eigenvalue weighted by molar-refractivity contribution is -0.141. The average molecular weight is 495 g/mol. The number of aromatic nitrogens is 5. The molecule has 0 spiro atoms. The summed E-state index contributed by atoms with van der Waals surface area (Å²) in [5, 5.41) is 3.01. The molecule has 1 fully saturated rings. The molecular formula is C24H23F2N7O3. The number of benzene rings is 2. The minimum absolute atomic E-state index is 0.0266. The van der Waals surface area contributed by atoms with Crippen LogP contribution in [-0.4, -0.2) is 63.9 Å². The molecule has 12 heteroatoms. The minimum atomic E-state index is -2.87. The van der Waals surface area contributed by atoms with Gasteiger partial charge < -0.3 is 19.7 Å². The van der Waals surface area contributed by atoms with Gasteiger partial charge in [0.1, 0.15) is 0 Å². The number of rotatable bonds is 7. The highest BCUT2D eigenvalue weighted by Crippen LogP contribution is 2.28. The van der Waals surface area contributed by atoms with Gasteiger partial charge in [0.05, 0.1) is 31.4 Å². The number of carbonyl (C=O) groups is 1. The van der Waals surface area contributed by atoms with Crippen molar-refractivity contribution in [3.63, 3.8) is 0 Å². The Bertz CT molecular complexity index is 1360. The summed E-state index contributed by atoms with van der Waals surface area (Å²) in [6, 6.07) is 14.7. The third-order valence-corrected chi connectivity index (χ3v) is 5.73. The van der Waals surface area contributed by atoms with Crippen LogP contribution in [0.3, 0.4) is 0 Å². The zero-order valence-corrected chi connectivity index (χ0v) is 19.3. The van der Waals surface area contributed by atoms with Crippen LogP contribution < -0.4 is 10.2 Å². The number of alkyl halides is 2. The molecular weight excluding hydrogens is 472 g/mol. The summed E-state index contributed by atoms with van der Waals surface area (Å²) >= 11 is 0. The van der Waals surface area contributed by atoms with Crippen molar-refractivity contribution in [3.05, 3.63) is 66.0 Å². The van der Waals surface area contributed by atoms with Crippen LogP contribution in [-0.2, 0) is 14.3 Å². The molecule has 10 nitrogen and oxygen atoms in total. The number of esters is 1. The minimum Gasteiger partial charge on any atom is -0.467 e. The first kappa shape index (κ1) is 23.5. The number of imidazole rings is 1. The maximum Gasteiger partial charge on any atom is 0.333 e. The summed E-state index contributed by atoms with van der Waals surface area (Å²) in [7, 11) is 1.28. The largest absolute Gasteiger partial charge is 0.467 e. The molecule has 0 aliphatic carbocycles. The maximum atomic E-state index is 14.0. The van der Waals surface area contributed by atoms with Crippen molar-refractivity contribution in [1.82, 2.24) is 24.5 Å². The predicted molar refractivity (Wildman–Crippen MR) is 127 cm³/mol. The summed E-state index contributed by atoms with van der Waals surface area (Å²) in [4.78, 5) is 32.1. The van der Waals surface area contributed by atoms with E-state index in [-0.39, 0.29) is 17.8 Å². The first-order valence-corrected chi connectivity index (χ1v) is 11.3. The summed E-state index contributed by atoms with van der Waals surface area (Å²) < 4.78 is 39.7. The zero-order valence-electron chi connectivity index (χ0n) is 19.3. The standard InChI is InChI=1S/C24H23F2N7O3/c1-35-21(34)18(15-7-3-2-4-8-15)28-22-29-23(32-11-13-36-14-12-32)31-24(30-22)33-17-10-6-5-9-16(17)27-20(33)19(25)26/h2-10,18-19H,11-14H2,1H3,(H,28,29,30,31)/t18-/m1/s1. The van der Waals surface area contributed by atoms with Gasteiger partial charge in [0.2, 0.25) is 17.8 Å². The molecule has 2 aromatic carbocycles. The molecule has 186 valence electrons. The first-order chi connectivity index (χ1) is 17.5. The molecule has 36 heavy (non-hydrogen) atoms. The Kier molecular flexibility index (Phi) is 6.67. The first-order valence-electron chi connectivity index (χ1n) is 11.3. The fraction of sp³-hybridized carbons (Fsp3) is 0.292. The molecule has 1 N–H and O–H groups in total. The second-order valence-electron chi connectivity index (χ2n) is 7.96. The van der Waals surface area contributed by atoms with Crippen LogP contribution in [0.4, 0.5) is 20.7 Å². The summed E-state index contributed by atoms with van der Waals surface area (Å²) in [6.45, 7) is 1.95. The summed E-state index contributed by atoms with van der Waals surface area (Å²) in [6.07, 6.45) is -2.87. The highest BCUT2D eigenvalue weighted by molar-refractivity contribution is 5.80. The number of carbonyl (C=O) groups excluding carboxylic acids is 1. The number of ether oxygens (including phenoxy) is 2. The Balaban J connectivity index is 1.65. The molecule has 0 saturated carbocycles. The fourth-order valence-corrected chi connectivity index (χ4v) is 4.00. The van der Waals surface area contributed by atoms with Crippen LogP contribution in [0.15, 0.2) is 54.6 Å². The summed E-state index contributed by atoms with van der Waals surface area (Å²) in [5.74, 6) is -0.805. The Hall–Kier alpha value is -4.19. The Morgan fingerprint density at radius 2 is 1.67 bits per heavy atom. The van der Waals surface area contributed by atoms with Gasteiger partial charge in [-0.2, -0.15) is 15.0 Å². The number of morpholine rings is 1. The van der Waals surface area contributed by atoms with Crippen molar-refractivity contribution in [1.29, 1.82) is 0 Å². The number of nitrogens with one attached hydrogen (secondary N) is 1. The lowest BCUT2D eigenvalue weighted by Crippen LogP contribution is -2.38. The van der Waals surface area contributed by atoms with Crippen LogP contribution in [0.2, 0.25) is 0 Å². The van der Waals surface area contributed by atoms with Gasteiger partial charge in [0, 0.05) is 13.1 Å². The van der Waals surface area contributed by atoms with E-state index in [4.69, 9.17) is 9.47 Å². The molecule has 2 aromatic heterocycles. The Labute approximate surface area is 204 Å². The van der Waals surface area contributed by atoms with Crippen molar-refractivity contribution < 1.29 is 23.0 Å². The molecule has 0 radical (unpaired) electrons. The lowest BCUT2D eigenvalue weighted by Gasteiger charge is -2.27. The van der Waals surface area contributed by atoms with E-state index >= 15 is 0 Å². The van der Waals surface area contributed by atoms with Gasteiger partial charge in [-0.25, -0.2) is 18.6 Å². The number of nitrogens with zero attached hydrogens (tertiary/aromatic N) is 6.